The third kappa shape index (κ3) is 4.43. The van der Waals surface area contributed by atoms with E-state index in [4.69, 9.17) is 12.2 Å². The van der Waals surface area contributed by atoms with E-state index in [1.807, 2.05) is 24.3 Å². The second-order valence-electron chi connectivity index (χ2n) is 3.91. The van der Waals surface area contributed by atoms with E-state index in [0.717, 1.165) is 14.8 Å². The average molecular weight is 386 g/mol. The maximum atomic E-state index is 12.8. The van der Waals surface area contributed by atoms with E-state index in [1.54, 1.807) is 12.1 Å². The lowest BCUT2D eigenvalue weighted by Crippen LogP contribution is -2.28. The number of hydrogen-bond acceptors (Lipinski definition) is 1. The number of benzene rings is 2. The average Bonchev–Trinajstić information content (AvgIpc) is 2.41. The summed E-state index contributed by atoms with van der Waals surface area (Å²) >= 11 is 7.47. The summed E-state index contributed by atoms with van der Waals surface area (Å²) in [5.41, 5.74) is 1.95. The lowest BCUT2D eigenvalue weighted by atomic mass is 10.2. The molecule has 0 saturated carbocycles. The second kappa shape index (κ2) is 6.81. The molecule has 0 bridgehead atoms. The van der Waals surface area contributed by atoms with E-state index < -0.39 is 0 Å². The summed E-state index contributed by atoms with van der Waals surface area (Å²) in [5.74, 6) is -0.233. The van der Waals surface area contributed by atoms with Gasteiger partial charge >= 0.3 is 0 Å². The van der Waals surface area contributed by atoms with Crippen molar-refractivity contribution < 1.29 is 4.39 Å². The lowest BCUT2D eigenvalue weighted by molar-refractivity contribution is 0.627. The van der Waals surface area contributed by atoms with Gasteiger partial charge in [0.25, 0.3) is 0 Å². The first-order chi connectivity index (χ1) is 9.15. The summed E-state index contributed by atoms with van der Waals surface area (Å²) in [4.78, 5) is 0. The molecular weight excluding hydrogens is 374 g/mol. The van der Waals surface area contributed by atoms with Gasteiger partial charge in [0.2, 0.25) is 0 Å². The SMILES string of the molecule is Fc1ccc(CNC(=S)Nc2ccccc2I)cc1. The Morgan fingerprint density at radius 2 is 1.79 bits per heavy atom. The maximum absolute atomic E-state index is 12.8. The number of rotatable bonds is 3. The van der Waals surface area contributed by atoms with Gasteiger partial charge in [-0.05, 0) is 64.6 Å². The van der Waals surface area contributed by atoms with Crippen molar-refractivity contribution >= 4 is 45.6 Å². The number of nitrogens with one attached hydrogen (secondary N) is 2. The quantitative estimate of drug-likeness (QED) is 0.618. The fourth-order valence-corrected chi connectivity index (χ4v) is 2.22. The summed E-state index contributed by atoms with van der Waals surface area (Å²) in [5, 5.41) is 6.77. The van der Waals surface area contributed by atoms with Crippen molar-refractivity contribution in [2.45, 2.75) is 6.54 Å². The molecule has 0 aliphatic carbocycles. The second-order valence-corrected chi connectivity index (χ2v) is 5.48. The van der Waals surface area contributed by atoms with Crippen molar-refractivity contribution in [3.63, 3.8) is 0 Å². The Balaban J connectivity index is 1.88. The highest BCUT2D eigenvalue weighted by Gasteiger charge is 2.01. The van der Waals surface area contributed by atoms with Gasteiger partial charge in [-0.25, -0.2) is 4.39 Å². The van der Waals surface area contributed by atoms with Gasteiger partial charge in [-0.15, -0.1) is 0 Å². The van der Waals surface area contributed by atoms with E-state index in [2.05, 4.69) is 33.2 Å². The maximum Gasteiger partial charge on any atom is 0.171 e. The molecule has 2 N–H and O–H groups in total. The van der Waals surface area contributed by atoms with Crippen LogP contribution in [0.1, 0.15) is 5.56 Å². The molecule has 19 heavy (non-hydrogen) atoms. The van der Waals surface area contributed by atoms with Crippen LogP contribution in [-0.2, 0) is 6.54 Å². The first kappa shape index (κ1) is 14.2. The Kier molecular flexibility index (Phi) is 5.09. The number of anilines is 1. The smallest absolute Gasteiger partial charge is 0.171 e. The molecule has 0 amide bonds. The molecule has 2 nitrogen and oxygen atoms in total. The summed E-state index contributed by atoms with van der Waals surface area (Å²) in [7, 11) is 0. The minimum atomic E-state index is -0.233. The Morgan fingerprint density at radius 3 is 2.47 bits per heavy atom. The number of thiocarbonyl (C=S) groups is 1. The van der Waals surface area contributed by atoms with Crippen LogP contribution in [0, 0.1) is 9.39 Å². The highest BCUT2D eigenvalue weighted by atomic mass is 127. The highest BCUT2D eigenvalue weighted by Crippen LogP contribution is 2.16. The van der Waals surface area contributed by atoms with Gasteiger partial charge in [-0.3, -0.25) is 0 Å². The molecule has 2 aromatic carbocycles. The van der Waals surface area contributed by atoms with Crippen LogP contribution in [0.3, 0.4) is 0 Å². The van der Waals surface area contributed by atoms with Crippen molar-refractivity contribution in [3.05, 3.63) is 63.5 Å². The summed E-state index contributed by atoms with van der Waals surface area (Å²) in [6, 6.07) is 14.2. The lowest BCUT2D eigenvalue weighted by Gasteiger charge is -2.11. The molecule has 0 saturated heterocycles. The summed E-state index contributed by atoms with van der Waals surface area (Å²) in [6.45, 7) is 0.565. The van der Waals surface area contributed by atoms with Gasteiger partial charge in [-0.1, -0.05) is 24.3 Å². The van der Waals surface area contributed by atoms with Gasteiger partial charge < -0.3 is 10.6 Å². The van der Waals surface area contributed by atoms with Crippen molar-refractivity contribution in [1.29, 1.82) is 0 Å². The predicted octanol–water partition coefficient (Wildman–Crippen LogP) is 3.92. The number of hydrogen-bond donors (Lipinski definition) is 2. The molecule has 2 aromatic rings. The topological polar surface area (TPSA) is 24.1 Å². The number of para-hydroxylation sites is 1. The first-order valence-corrected chi connectivity index (χ1v) is 7.17. The van der Waals surface area contributed by atoms with Crippen LogP contribution in [0.4, 0.5) is 10.1 Å². The minimum Gasteiger partial charge on any atom is -0.358 e. The largest absolute Gasteiger partial charge is 0.358 e. The first-order valence-electron chi connectivity index (χ1n) is 5.69. The van der Waals surface area contributed by atoms with Crippen molar-refractivity contribution in [2.24, 2.45) is 0 Å². The van der Waals surface area contributed by atoms with Gasteiger partial charge in [0.15, 0.2) is 5.11 Å². The molecule has 0 aliphatic heterocycles. The van der Waals surface area contributed by atoms with Crippen LogP contribution in [0.2, 0.25) is 0 Å². The molecule has 98 valence electrons. The zero-order valence-corrected chi connectivity index (χ0v) is 13.0. The van der Waals surface area contributed by atoms with Crippen LogP contribution < -0.4 is 10.6 Å². The molecule has 0 radical (unpaired) electrons. The Labute approximate surface area is 130 Å². The van der Waals surface area contributed by atoms with Crippen LogP contribution in [-0.4, -0.2) is 5.11 Å². The van der Waals surface area contributed by atoms with Crippen LogP contribution in [0.5, 0.6) is 0 Å². The zero-order chi connectivity index (χ0) is 13.7. The normalized spacial score (nSPS) is 10.0. The third-order valence-electron chi connectivity index (χ3n) is 2.49. The van der Waals surface area contributed by atoms with Crippen LogP contribution in [0.15, 0.2) is 48.5 Å². The summed E-state index contributed by atoms with van der Waals surface area (Å²) < 4.78 is 13.9. The standard InChI is InChI=1S/C14H12FIN2S/c15-11-7-5-10(6-8-11)9-17-14(19)18-13-4-2-1-3-12(13)16/h1-8H,9H2,(H2,17,18,19). The number of halogens is 2. The molecule has 2 rings (SSSR count). The van der Waals surface area contributed by atoms with Gasteiger partial charge in [0.05, 0.1) is 5.69 Å². The molecular formula is C14H12FIN2S. The van der Waals surface area contributed by atoms with Crippen LogP contribution in [0.25, 0.3) is 0 Å². The fraction of sp³-hybridized carbons (Fsp3) is 0.0714. The highest BCUT2D eigenvalue weighted by molar-refractivity contribution is 14.1. The fourth-order valence-electron chi connectivity index (χ4n) is 1.51. The van der Waals surface area contributed by atoms with Crippen LogP contribution >= 0.6 is 34.8 Å². The molecule has 0 unspecified atom stereocenters. The predicted molar refractivity (Wildman–Crippen MR) is 88.6 cm³/mol. The van der Waals surface area contributed by atoms with Gasteiger partial charge in [-0.2, -0.15) is 0 Å². The third-order valence-corrected chi connectivity index (χ3v) is 3.68. The van der Waals surface area contributed by atoms with Crippen molar-refractivity contribution in [1.82, 2.24) is 5.32 Å². The van der Waals surface area contributed by atoms with Gasteiger partial charge in [0, 0.05) is 10.1 Å². The molecule has 5 heteroatoms. The Bertz CT molecular complexity index is 572. The summed E-state index contributed by atoms with van der Waals surface area (Å²) in [6.07, 6.45) is 0. The van der Waals surface area contributed by atoms with Gasteiger partial charge in [0.1, 0.15) is 5.82 Å². The van der Waals surface area contributed by atoms with Crippen molar-refractivity contribution in [2.75, 3.05) is 5.32 Å². The molecule has 0 heterocycles. The minimum absolute atomic E-state index is 0.233. The monoisotopic (exact) mass is 386 g/mol. The molecule has 0 aromatic heterocycles. The molecule has 0 fully saturated rings. The molecule has 0 atom stereocenters. The Morgan fingerprint density at radius 1 is 1.11 bits per heavy atom. The zero-order valence-electron chi connectivity index (χ0n) is 9.99. The molecule has 0 aliphatic rings. The molecule has 0 spiro atoms. The van der Waals surface area contributed by atoms with E-state index in [0.29, 0.717) is 11.7 Å². The van der Waals surface area contributed by atoms with E-state index >= 15 is 0 Å². The van der Waals surface area contributed by atoms with Crippen molar-refractivity contribution in [3.8, 4) is 0 Å². The Hall–Kier alpha value is -1.21. The van der Waals surface area contributed by atoms with E-state index in [-0.39, 0.29) is 5.82 Å². The van der Waals surface area contributed by atoms with E-state index in [1.165, 1.54) is 12.1 Å². The van der Waals surface area contributed by atoms with E-state index in [9.17, 15) is 4.39 Å².